The first-order valence-corrected chi connectivity index (χ1v) is 24.2. The van der Waals surface area contributed by atoms with Crippen molar-refractivity contribution in [2.45, 2.75) is 89.9 Å². The SMILES string of the molecule is [2H]C1=C([2H])C([2H])C(c2cc(-c3cccc4c3C(C)(C)CCC4(C)C)cc(-c3c([2H])c([2H])c([2H])c([2H])c3[2H])c2-[n+]2[c-]n(-c3[c-]c(Oc4[c-]c5c(cc4)c4ccccc4n5-c4cc(C(C)(C)C)ccn4)ccc3)c3ccccc32)C([2H])=C1[2H].[Pt]. The molecule has 3 aromatic heterocycles. The molecule has 0 bridgehead atoms. The Hall–Kier alpha value is -7.07. The van der Waals surface area contributed by atoms with Gasteiger partial charge in [0.15, 0.2) is 0 Å². The molecule has 0 amide bonds. The number of aromatic nitrogens is 4. The summed E-state index contributed by atoms with van der Waals surface area (Å²) in [4.78, 5) is 4.84. The second-order valence-corrected chi connectivity index (χ2v) is 21.0. The first kappa shape index (κ1) is 36.8. The number of fused-ring (bicyclic) bond motifs is 5. The summed E-state index contributed by atoms with van der Waals surface area (Å²) in [6.07, 6.45) is 5.68. The molecule has 0 fully saturated rings. The van der Waals surface area contributed by atoms with E-state index < -0.39 is 60.7 Å². The van der Waals surface area contributed by atoms with Gasteiger partial charge in [-0.2, -0.15) is 18.2 Å². The van der Waals surface area contributed by atoms with Gasteiger partial charge in [0, 0.05) is 51.6 Å². The summed E-state index contributed by atoms with van der Waals surface area (Å²) in [7, 11) is 0. The minimum atomic E-state index is -1.53. The number of ether oxygens (including phenoxy) is 1. The molecule has 0 N–H and O–H groups in total. The molecule has 7 aromatic carbocycles. The van der Waals surface area contributed by atoms with Crippen molar-refractivity contribution in [1.82, 2.24) is 14.1 Å². The van der Waals surface area contributed by atoms with E-state index in [-0.39, 0.29) is 65.7 Å². The molecule has 0 saturated carbocycles. The van der Waals surface area contributed by atoms with E-state index >= 15 is 0 Å². The van der Waals surface area contributed by atoms with Crippen molar-refractivity contribution in [2.24, 2.45) is 0 Å². The summed E-state index contributed by atoms with van der Waals surface area (Å²) in [5.74, 6) is 0.240. The first-order chi connectivity index (χ1) is 38.5. The average Bonchev–Trinajstić information content (AvgIpc) is 1.90. The van der Waals surface area contributed by atoms with Crippen molar-refractivity contribution in [3.05, 3.63) is 223 Å². The Morgan fingerprint density at radius 2 is 1.50 bits per heavy atom. The van der Waals surface area contributed by atoms with E-state index in [1.54, 1.807) is 15.2 Å². The van der Waals surface area contributed by atoms with Gasteiger partial charge >= 0.3 is 0 Å². The zero-order valence-corrected chi connectivity index (χ0v) is 43.5. The fourth-order valence-corrected chi connectivity index (χ4v) is 10.7. The Morgan fingerprint density at radius 1 is 0.736 bits per heavy atom. The number of nitrogens with zero attached hydrogens (tertiary/aromatic N) is 4. The van der Waals surface area contributed by atoms with E-state index in [0.717, 1.165) is 62.7 Å². The fraction of sp³-hybridized carbons (Fsp3) is 0.212. The summed E-state index contributed by atoms with van der Waals surface area (Å²) in [5.41, 5.74) is 8.22. The maximum Gasteiger partial charge on any atom is 0.268 e. The predicted molar refractivity (Wildman–Crippen MR) is 290 cm³/mol. The van der Waals surface area contributed by atoms with Crippen molar-refractivity contribution in [2.75, 3.05) is 0 Å². The molecule has 5 nitrogen and oxygen atoms in total. The summed E-state index contributed by atoms with van der Waals surface area (Å²) < 4.78 is 104. The molecule has 0 aliphatic heterocycles. The number of hydrogen-bond acceptors (Lipinski definition) is 2. The third kappa shape index (κ3) is 8.26. The number of benzene rings is 7. The number of rotatable bonds is 8. The molecule has 72 heavy (non-hydrogen) atoms. The van der Waals surface area contributed by atoms with Gasteiger partial charge < -0.3 is 13.9 Å². The van der Waals surface area contributed by atoms with E-state index in [0.29, 0.717) is 33.8 Å². The smallest absolute Gasteiger partial charge is 0.268 e. The van der Waals surface area contributed by atoms with Gasteiger partial charge in [0.2, 0.25) is 0 Å². The Kier molecular flexibility index (Phi) is 9.30. The fourth-order valence-electron chi connectivity index (χ4n) is 10.7. The quantitative estimate of drug-likeness (QED) is 0.112. The number of imidazole rings is 1. The second kappa shape index (κ2) is 18.2. The normalized spacial score (nSPS) is 19.5. The van der Waals surface area contributed by atoms with Gasteiger partial charge in [-0.3, -0.25) is 4.57 Å². The molecule has 2 aliphatic carbocycles. The van der Waals surface area contributed by atoms with Crippen molar-refractivity contribution in [1.29, 1.82) is 0 Å². The van der Waals surface area contributed by atoms with Gasteiger partial charge in [-0.25, -0.2) is 4.98 Å². The first-order valence-electron chi connectivity index (χ1n) is 29.3. The van der Waals surface area contributed by atoms with E-state index in [1.165, 1.54) is 0 Å². The molecule has 3 heterocycles. The van der Waals surface area contributed by atoms with Crippen LogP contribution in [-0.2, 0) is 37.3 Å². The average molecular weight is 1130 g/mol. The summed E-state index contributed by atoms with van der Waals surface area (Å²) in [6, 6.07) is 41.7. The number of pyridine rings is 1. The molecule has 0 spiro atoms. The third-order valence-corrected chi connectivity index (χ3v) is 14.4. The molecular weight excluding hydrogens is 1060 g/mol. The summed E-state index contributed by atoms with van der Waals surface area (Å²) >= 11 is 0. The largest absolute Gasteiger partial charge is 0.510 e. The number of allylic oxidation sites excluding steroid dienone is 4. The molecule has 2 unspecified atom stereocenters. The standard InChI is InChI=1S/C66H58N4O.Pt/c1-64(2,3)47-34-37-67-61(40-47)70-57-29-15-14-26-52(57)53-33-32-50(42-60(53)70)71-49-25-18-24-48(41-49)68-43-69(59-31-17-16-30-58(59)68)63-54(44-20-10-8-11-21-44)38-46(39-55(63)45-22-12-9-13-23-45)51-27-19-28-56-62(51)66(6,7)36-35-65(56,4)5;/h8-22,24-34,37-40,45H,23,35-36H2,1-7H3;/q-2;/i8D,9D,10D,11D,12D,13D,20D,21D,22D,23D;. The minimum absolute atomic E-state index is 0. The van der Waals surface area contributed by atoms with E-state index in [2.05, 4.69) is 95.8 Å². The van der Waals surface area contributed by atoms with Crippen LogP contribution in [0.1, 0.15) is 110 Å². The van der Waals surface area contributed by atoms with Crippen LogP contribution in [-0.4, -0.2) is 14.1 Å². The van der Waals surface area contributed by atoms with Crippen LogP contribution in [0, 0.1) is 18.5 Å². The molecule has 0 saturated heterocycles. The van der Waals surface area contributed by atoms with Gasteiger partial charge in [0.1, 0.15) is 5.82 Å². The Bertz CT molecular complexity index is 4330. The van der Waals surface area contributed by atoms with Crippen molar-refractivity contribution in [3.8, 4) is 50.9 Å². The van der Waals surface area contributed by atoms with Crippen molar-refractivity contribution < 1.29 is 44.1 Å². The molecule has 2 atom stereocenters. The van der Waals surface area contributed by atoms with Crippen LogP contribution in [0.4, 0.5) is 0 Å². The number of para-hydroxylation sites is 3. The second-order valence-electron chi connectivity index (χ2n) is 21.0. The summed E-state index contributed by atoms with van der Waals surface area (Å²) in [5, 5.41) is 2.03. The van der Waals surface area contributed by atoms with Crippen LogP contribution in [0.15, 0.2) is 182 Å². The van der Waals surface area contributed by atoms with Gasteiger partial charge in [-0.15, -0.1) is 29.7 Å². The maximum absolute atomic E-state index is 9.65. The number of hydrogen-bond donors (Lipinski definition) is 0. The van der Waals surface area contributed by atoms with Crippen LogP contribution < -0.4 is 9.30 Å². The van der Waals surface area contributed by atoms with Gasteiger partial charge in [-0.05, 0) is 115 Å². The molecular formula is C66H58N4OPt-2. The van der Waals surface area contributed by atoms with E-state index in [4.69, 9.17) is 17.9 Å². The Morgan fingerprint density at radius 3 is 2.33 bits per heavy atom. The Labute approximate surface area is 452 Å². The molecule has 360 valence electrons. The van der Waals surface area contributed by atoms with Crippen LogP contribution in [0.3, 0.4) is 0 Å². The summed E-state index contributed by atoms with van der Waals surface area (Å²) in [6.45, 7) is 15.4. The van der Waals surface area contributed by atoms with Crippen molar-refractivity contribution >= 4 is 32.8 Å². The van der Waals surface area contributed by atoms with Gasteiger partial charge in [0.05, 0.1) is 29.1 Å². The van der Waals surface area contributed by atoms with Gasteiger partial charge in [-0.1, -0.05) is 175 Å². The zero-order valence-electron chi connectivity index (χ0n) is 51.2. The maximum atomic E-state index is 9.65. The topological polar surface area (TPSA) is 35.9 Å². The zero-order chi connectivity index (χ0) is 57.4. The van der Waals surface area contributed by atoms with Crippen molar-refractivity contribution in [3.63, 3.8) is 0 Å². The molecule has 12 rings (SSSR count). The molecule has 0 radical (unpaired) electrons. The molecule has 6 heteroatoms. The van der Waals surface area contributed by atoms with Crippen LogP contribution in [0.2, 0.25) is 0 Å². The monoisotopic (exact) mass is 1130 g/mol. The van der Waals surface area contributed by atoms with Gasteiger partial charge in [0.25, 0.3) is 6.33 Å². The van der Waals surface area contributed by atoms with E-state index in [9.17, 15) is 5.48 Å². The van der Waals surface area contributed by atoms with Crippen LogP contribution in [0.5, 0.6) is 11.5 Å². The predicted octanol–water partition coefficient (Wildman–Crippen LogP) is 16.2. The third-order valence-electron chi connectivity index (χ3n) is 14.4. The van der Waals surface area contributed by atoms with Crippen LogP contribution >= 0.6 is 0 Å². The minimum Gasteiger partial charge on any atom is -0.510 e. The molecule has 10 aromatic rings. The van der Waals surface area contributed by atoms with Crippen LogP contribution in [0.25, 0.3) is 72.3 Å². The molecule has 2 aliphatic rings. The Balaban J connectivity index is 0.00000705. The van der Waals surface area contributed by atoms with E-state index in [1.807, 2.05) is 97.2 Å².